The van der Waals surface area contributed by atoms with Gasteiger partial charge in [0, 0.05) is 23.4 Å². The van der Waals surface area contributed by atoms with Gasteiger partial charge in [-0.05, 0) is 69.9 Å². The van der Waals surface area contributed by atoms with E-state index >= 15 is 0 Å². The zero-order chi connectivity index (χ0) is 25.0. The molecule has 9 heteroatoms. The highest BCUT2D eigenvalue weighted by atomic mass is 32.2. The number of unbranched alkanes of at least 4 members (excludes halogenated alkanes) is 1. The minimum atomic E-state index is -5.00. The first kappa shape index (κ1) is 26.7. The molecule has 3 nitrogen and oxygen atoms in total. The van der Waals surface area contributed by atoms with Gasteiger partial charge in [0.2, 0.25) is 0 Å². The SMILES string of the molecule is C=CCCCOc1cc(F)cc(C)c1-c1cc(/C=N/[S@](=O)C(C)(C)C)c(F)c(C(F)(F)F)c1. The average molecular weight is 488 g/mol. The minimum absolute atomic E-state index is 0.0251. The highest BCUT2D eigenvalue weighted by Crippen LogP contribution is 2.40. The highest BCUT2D eigenvalue weighted by Gasteiger charge is 2.36. The predicted molar refractivity (Wildman–Crippen MR) is 122 cm³/mol. The van der Waals surface area contributed by atoms with Gasteiger partial charge >= 0.3 is 6.18 Å². The Bertz CT molecular complexity index is 1070. The number of alkyl halides is 3. The summed E-state index contributed by atoms with van der Waals surface area (Å²) in [5, 5.41) is 0. The van der Waals surface area contributed by atoms with Gasteiger partial charge in [0.25, 0.3) is 0 Å². The van der Waals surface area contributed by atoms with Crippen LogP contribution in [0.4, 0.5) is 22.0 Å². The largest absolute Gasteiger partial charge is 0.493 e. The molecule has 0 aliphatic carbocycles. The number of ether oxygens (including phenoxy) is 1. The van der Waals surface area contributed by atoms with Crippen molar-refractivity contribution in [2.45, 2.75) is 51.5 Å². The fraction of sp³-hybridized carbons (Fsp3) is 0.375. The van der Waals surface area contributed by atoms with E-state index in [2.05, 4.69) is 11.0 Å². The first-order valence-corrected chi connectivity index (χ1v) is 11.3. The van der Waals surface area contributed by atoms with E-state index in [1.807, 2.05) is 0 Å². The molecule has 0 aliphatic rings. The van der Waals surface area contributed by atoms with Crippen LogP contribution >= 0.6 is 0 Å². The maximum absolute atomic E-state index is 14.8. The molecule has 180 valence electrons. The monoisotopic (exact) mass is 487 g/mol. The van der Waals surface area contributed by atoms with Gasteiger partial charge in [-0.1, -0.05) is 6.08 Å². The van der Waals surface area contributed by atoms with Crippen LogP contribution in [0.5, 0.6) is 5.75 Å². The molecule has 0 saturated carbocycles. The number of hydrogen-bond acceptors (Lipinski definition) is 2. The summed E-state index contributed by atoms with van der Waals surface area (Å²) in [5.74, 6) is -2.11. The topological polar surface area (TPSA) is 38.7 Å². The van der Waals surface area contributed by atoms with Gasteiger partial charge in [0.05, 0.1) is 16.9 Å². The third kappa shape index (κ3) is 6.96. The molecule has 2 aromatic rings. The van der Waals surface area contributed by atoms with Crippen LogP contribution in [0, 0.1) is 18.6 Å². The first-order chi connectivity index (χ1) is 15.3. The third-order valence-corrected chi connectivity index (χ3v) is 5.93. The zero-order valence-corrected chi connectivity index (χ0v) is 19.7. The molecule has 2 aromatic carbocycles. The highest BCUT2D eigenvalue weighted by molar-refractivity contribution is 7.85. The smallest absolute Gasteiger partial charge is 0.419 e. The molecule has 33 heavy (non-hydrogen) atoms. The second-order valence-electron chi connectivity index (χ2n) is 8.40. The molecule has 2 rings (SSSR count). The summed E-state index contributed by atoms with van der Waals surface area (Å²) < 4.78 is 90.5. The first-order valence-electron chi connectivity index (χ1n) is 10.2. The molecule has 0 fully saturated rings. The van der Waals surface area contributed by atoms with Crippen molar-refractivity contribution in [1.29, 1.82) is 0 Å². The number of benzene rings is 2. The number of allylic oxidation sites excluding steroid dienone is 1. The van der Waals surface area contributed by atoms with Crippen LogP contribution in [0.25, 0.3) is 11.1 Å². The normalized spacial score (nSPS) is 13.4. The van der Waals surface area contributed by atoms with E-state index in [1.165, 1.54) is 6.92 Å². The lowest BCUT2D eigenvalue weighted by molar-refractivity contribution is -0.139. The van der Waals surface area contributed by atoms with Crippen molar-refractivity contribution in [2.24, 2.45) is 4.40 Å². The molecule has 0 saturated heterocycles. The predicted octanol–water partition coefficient (Wildman–Crippen LogP) is 7.19. The number of aryl methyl sites for hydroxylation is 1. The number of nitrogens with zero attached hydrogens (tertiary/aromatic N) is 1. The van der Waals surface area contributed by atoms with Crippen LogP contribution in [0.3, 0.4) is 0 Å². The molecule has 0 heterocycles. The molecule has 0 N–H and O–H groups in total. The Kier molecular flexibility index (Phi) is 8.57. The van der Waals surface area contributed by atoms with Crippen molar-refractivity contribution >= 4 is 17.2 Å². The van der Waals surface area contributed by atoms with E-state index in [0.717, 1.165) is 24.4 Å². The molecule has 0 unspecified atom stereocenters. The van der Waals surface area contributed by atoms with Crippen molar-refractivity contribution in [3.8, 4) is 16.9 Å². The summed E-state index contributed by atoms with van der Waals surface area (Å²) in [6.45, 7) is 10.2. The van der Waals surface area contributed by atoms with Gasteiger partial charge in [-0.2, -0.15) is 17.6 Å². The maximum atomic E-state index is 14.8. The molecular weight excluding hydrogens is 461 g/mol. The lowest BCUT2D eigenvalue weighted by Gasteiger charge is -2.18. The Balaban J connectivity index is 2.68. The number of halogens is 5. The van der Waals surface area contributed by atoms with Crippen molar-refractivity contribution < 1.29 is 30.9 Å². The second kappa shape index (κ2) is 10.6. The van der Waals surface area contributed by atoms with Crippen molar-refractivity contribution in [1.82, 2.24) is 0 Å². The molecule has 0 bridgehead atoms. The van der Waals surface area contributed by atoms with Crippen LogP contribution in [-0.2, 0) is 17.2 Å². The van der Waals surface area contributed by atoms with Crippen molar-refractivity contribution in [2.75, 3.05) is 6.61 Å². The van der Waals surface area contributed by atoms with Gasteiger partial charge in [0.15, 0.2) is 0 Å². The van der Waals surface area contributed by atoms with E-state index < -0.39 is 44.7 Å². The summed E-state index contributed by atoms with van der Waals surface area (Å²) in [4.78, 5) is 0. The number of rotatable bonds is 8. The van der Waals surface area contributed by atoms with Gasteiger partial charge in [-0.25, -0.2) is 13.0 Å². The van der Waals surface area contributed by atoms with Crippen LogP contribution in [0.15, 0.2) is 41.3 Å². The van der Waals surface area contributed by atoms with E-state index in [9.17, 15) is 26.2 Å². The lowest BCUT2D eigenvalue weighted by atomic mass is 9.95. The van der Waals surface area contributed by atoms with Crippen molar-refractivity contribution in [3.63, 3.8) is 0 Å². The Hall–Kier alpha value is -2.55. The Labute approximate surface area is 193 Å². The fourth-order valence-corrected chi connectivity index (χ4v) is 3.49. The summed E-state index contributed by atoms with van der Waals surface area (Å²) in [6, 6.07) is 4.05. The average Bonchev–Trinajstić information content (AvgIpc) is 2.68. The summed E-state index contributed by atoms with van der Waals surface area (Å²) in [7, 11) is -1.80. The van der Waals surface area contributed by atoms with Gasteiger partial charge in [0.1, 0.15) is 28.4 Å². The van der Waals surface area contributed by atoms with E-state index in [-0.39, 0.29) is 23.5 Å². The van der Waals surface area contributed by atoms with Crippen LogP contribution in [0.2, 0.25) is 0 Å². The molecule has 1 atom stereocenters. The number of hydrogen-bond donors (Lipinski definition) is 0. The maximum Gasteiger partial charge on any atom is 0.419 e. The molecule has 0 aromatic heterocycles. The summed E-state index contributed by atoms with van der Waals surface area (Å²) >= 11 is 0. The van der Waals surface area contributed by atoms with E-state index in [4.69, 9.17) is 4.74 Å². The van der Waals surface area contributed by atoms with E-state index in [1.54, 1.807) is 26.8 Å². The van der Waals surface area contributed by atoms with Crippen molar-refractivity contribution in [3.05, 3.63) is 65.2 Å². The zero-order valence-electron chi connectivity index (χ0n) is 18.9. The molecule has 0 aliphatic heterocycles. The van der Waals surface area contributed by atoms with Gasteiger partial charge in [-0.15, -0.1) is 6.58 Å². The Morgan fingerprint density at radius 3 is 2.36 bits per heavy atom. The molecule has 0 spiro atoms. The minimum Gasteiger partial charge on any atom is -0.493 e. The van der Waals surface area contributed by atoms with Crippen LogP contribution < -0.4 is 4.74 Å². The fourth-order valence-electron chi connectivity index (χ4n) is 2.96. The standard InChI is InChI=1S/C24H26F5NO2S/c1-6-7-8-9-32-20-13-18(25)10-15(2)21(20)16-11-17(14-30-33(31)23(3,4)5)22(26)19(12-16)24(27,28)29/h6,10-14H,1,7-9H2,2-5H3/b30-14+/t33-/m1/s1. The summed E-state index contributed by atoms with van der Waals surface area (Å²) in [6.07, 6.45) is -1.26. The lowest BCUT2D eigenvalue weighted by Crippen LogP contribution is -2.19. The van der Waals surface area contributed by atoms with Crippen LogP contribution in [-0.4, -0.2) is 21.8 Å². The van der Waals surface area contributed by atoms with Gasteiger partial charge < -0.3 is 4.74 Å². The van der Waals surface area contributed by atoms with E-state index in [0.29, 0.717) is 24.5 Å². The Morgan fingerprint density at radius 2 is 1.79 bits per heavy atom. The quantitative estimate of drug-likeness (QED) is 0.171. The molecule has 0 amide bonds. The third-order valence-electron chi connectivity index (χ3n) is 4.58. The molecule has 0 radical (unpaired) electrons. The second-order valence-corrected chi connectivity index (χ2v) is 10.3. The van der Waals surface area contributed by atoms with Gasteiger partial charge in [-0.3, -0.25) is 0 Å². The molecular formula is C24H26F5NO2S. The Morgan fingerprint density at radius 1 is 1.12 bits per heavy atom. The van der Waals surface area contributed by atoms with Crippen LogP contribution in [0.1, 0.15) is 50.3 Å². The summed E-state index contributed by atoms with van der Waals surface area (Å²) in [5.41, 5.74) is -1.51.